The van der Waals surface area contributed by atoms with Gasteiger partial charge in [0, 0.05) is 31.0 Å². The maximum absolute atomic E-state index is 13.6. The van der Waals surface area contributed by atoms with Crippen LogP contribution in [0.5, 0.6) is 0 Å². The zero-order valence-electron chi connectivity index (χ0n) is 19.2. The van der Waals surface area contributed by atoms with Crippen molar-refractivity contribution in [1.82, 2.24) is 24.1 Å². The van der Waals surface area contributed by atoms with Gasteiger partial charge in [-0.25, -0.2) is 4.52 Å². The third kappa shape index (κ3) is 3.89. The fraction of sp³-hybridized carbons (Fsp3) is 0.360. The molecule has 0 unspecified atom stereocenters. The number of halogens is 1. The molecule has 0 atom stereocenters. The zero-order chi connectivity index (χ0) is 24.2. The van der Waals surface area contributed by atoms with Crippen molar-refractivity contribution < 1.29 is 14.3 Å². The Kier molecular flexibility index (Phi) is 5.36. The Bertz CT molecular complexity index is 1490. The van der Waals surface area contributed by atoms with Crippen molar-refractivity contribution in [2.24, 2.45) is 0 Å². The van der Waals surface area contributed by atoms with Crippen molar-refractivity contribution in [1.29, 1.82) is 0 Å². The summed E-state index contributed by atoms with van der Waals surface area (Å²) >= 11 is 6.03. The summed E-state index contributed by atoms with van der Waals surface area (Å²) in [5.74, 6) is -0.866. The summed E-state index contributed by atoms with van der Waals surface area (Å²) in [4.78, 5) is 32.9. The van der Waals surface area contributed by atoms with Crippen molar-refractivity contribution in [2.45, 2.75) is 32.1 Å². The second-order valence-electron chi connectivity index (χ2n) is 9.08. The molecule has 0 bridgehead atoms. The predicted molar refractivity (Wildman–Crippen MR) is 130 cm³/mol. The van der Waals surface area contributed by atoms with Gasteiger partial charge in [-0.15, -0.1) is 5.10 Å². The smallest absolute Gasteiger partial charge is 0.296 e. The van der Waals surface area contributed by atoms with E-state index >= 15 is 0 Å². The van der Waals surface area contributed by atoms with Gasteiger partial charge in [0.25, 0.3) is 11.5 Å². The van der Waals surface area contributed by atoms with E-state index in [1.165, 1.54) is 4.52 Å². The number of benzene rings is 2. The van der Waals surface area contributed by atoms with E-state index in [-0.39, 0.29) is 22.9 Å². The van der Waals surface area contributed by atoms with E-state index in [0.29, 0.717) is 56.2 Å². The highest BCUT2D eigenvalue weighted by atomic mass is 35.5. The number of aryl methyl sites for hydroxylation is 1. The molecule has 2 aliphatic rings. The number of nitrogens with zero attached hydrogens (tertiary/aromatic N) is 5. The Morgan fingerprint density at radius 2 is 1.77 bits per heavy atom. The highest BCUT2D eigenvalue weighted by molar-refractivity contribution is 6.30. The van der Waals surface area contributed by atoms with Crippen LogP contribution in [0.15, 0.2) is 47.3 Å². The van der Waals surface area contributed by atoms with E-state index in [1.807, 2.05) is 37.3 Å². The minimum atomic E-state index is -0.577. The fourth-order valence-electron chi connectivity index (χ4n) is 4.87. The number of rotatable bonds is 3. The van der Waals surface area contributed by atoms with Gasteiger partial charge in [0.15, 0.2) is 5.79 Å². The molecule has 9 nitrogen and oxygen atoms in total. The van der Waals surface area contributed by atoms with Crippen molar-refractivity contribution in [3.8, 4) is 0 Å². The summed E-state index contributed by atoms with van der Waals surface area (Å²) < 4.78 is 14.7. The van der Waals surface area contributed by atoms with Gasteiger partial charge in [-0.2, -0.15) is 4.98 Å². The number of hydrogen-bond acceptors (Lipinski definition) is 6. The summed E-state index contributed by atoms with van der Waals surface area (Å²) in [5, 5.41) is 5.11. The van der Waals surface area contributed by atoms with Gasteiger partial charge in [0.05, 0.1) is 30.8 Å². The standard InChI is InChI=1S/C25H24ClN5O4/c1-16-2-7-19-20(14-16)30(15-17-3-5-18(26)6-4-17)24(33)22-27-21(28-31(19)22)23(32)29-10-8-25(9-11-29)34-12-13-35-25/h2-7,14H,8-13,15H2,1H3. The number of likely N-dealkylation sites (tertiary alicyclic amines) is 1. The minimum Gasteiger partial charge on any atom is -0.347 e. The quantitative estimate of drug-likeness (QED) is 0.435. The Labute approximate surface area is 205 Å². The number of amides is 1. The lowest BCUT2D eigenvalue weighted by atomic mass is 10.0. The van der Waals surface area contributed by atoms with Crippen LogP contribution in [0.25, 0.3) is 16.7 Å². The lowest BCUT2D eigenvalue weighted by molar-refractivity contribution is -0.181. The van der Waals surface area contributed by atoms with Crippen molar-refractivity contribution >= 4 is 34.2 Å². The molecule has 2 saturated heterocycles. The van der Waals surface area contributed by atoms with E-state index in [9.17, 15) is 9.59 Å². The van der Waals surface area contributed by atoms with Crippen LogP contribution in [0.3, 0.4) is 0 Å². The van der Waals surface area contributed by atoms with Gasteiger partial charge in [0.1, 0.15) is 0 Å². The molecule has 6 rings (SSSR count). The van der Waals surface area contributed by atoms with Gasteiger partial charge in [-0.3, -0.25) is 14.2 Å². The number of piperidine rings is 1. The summed E-state index contributed by atoms with van der Waals surface area (Å²) in [6.45, 7) is 4.44. The highest BCUT2D eigenvalue weighted by Crippen LogP contribution is 2.31. The number of fused-ring (bicyclic) bond motifs is 3. The second kappa shape index (κ2) is 8.44. The van der Waals surface area contributed by atoms with Gasteiger partial charge >= 0.3 is 0 Å². The molecule has 0 N–H and O–H groups in total. The number of carbonyl (C=O) groups excluding carboxylic acids is 1. The Morgan fingerprint density at radius 3 is 2.49 bits per heavy atom. The lowest BCUT2D eigenvalue weighted by Gasteiger charge is -2.37. The average molecular weight is 494 g/mol. The zero-order valence-corrected chi connectivity index (χ0v) is 20.0. The molecule has 1 spiro atoms. The Hall–Kier alpha value is -3.27. The maximum atomic E-state index is 13.6. The maximum Gasteiger partial charge on any atom is 0.296 e. The highest BCUT2D eigenvalue weighted by Gasteiger charge is 2.41. The van der Waals surface area contributed by atoms with Crippen LogP contribution in [0.4, 0.5) is 0 Å². The number of aromatic nitrogens is 4. The molecule has 10 heteroatoms. The minimum absolute atomic E-state index is 0.0115. The van der Waals surface area contributed by atoms with E-state index in [2.05, 4.69) is 10.1 Å². The predicted octanol–water partition coefficient (Wildman–Crippen LogP) is 3.03. The SMILES string of the molecule is Cc1ccc2c(c1)n(Cc1ccc(Cl)cc1)c(=O)c1nc(C(=O)N3CCC4(CC3)OCCO4)nn12. The first-order chi connectivity index (χ1) is 16.9. The van der Waals surface area contributed by atoms with E-state index in [4.69, 9.17) is 21.1 Å². The summed E-state index contributed by atoms with van der Waals surface area (Å²) in [6, 6.07) is 13.2. The second-order valence-corrected chi connectivity index (χ2v) is 9.52. The van der Waals surface area contributed by atoms with Crippen LogP contribution >= 0.6 is 11.6 Å². The first kappa shape index (κ1) is 22.2. The summed E-state index contributed by atoms with van der Waals surface area (Å²) in [7, 11) is 0. The van der Waals surface area contributed by atoms with Crippen LogP contribution < -0.4 is 5.56 Å². The molecular formula is C25H24ClN5O4. The Balaban J connectivity index is 1.39. The third-order valence-electron chi connectivity index (χ3n) is 6.76. The molecule has 2 aromatic heterocycles. The molecule has 2 aliphatic heterocycles. The number of carbonyl (C=O) groups is 1. The molecule has 1 amide bonds. The van der Waals surface area contributed by atoms with Crippen molar-refractivity contribution in [3.05, 3.63) is 74.8 Å². The van der Waals surface area contributed by atoms with Crippen molar-refractivity contribution in [2.75, 3.05) is 26.3 Å². The molecule has 0 saturated carbocycles. The van der Waals surface area contributed by atoms with E-state index in [1.54, 1.807) is 21.6 Å². The average Bonchev–Trinajstić information content (AvgIpc) is 3.51. The fourth-order valence-corrected chi connectivity index (χ4v) is 5.00. The Morgan fingerprint density at radius 1 is 1.06 bits per heavy atom. The van der Waals surface area contributed by atoms with E-state index < -0.39 is 5.79 Å². The lowest BCUT2D eigenvalue weighted by Crippen LogP contribution is -2.47. The van der Waals surface area contributed by atoms with Crippen molar-refractivity contribution in [3.63, 3.8) is 0 Å². The molecule has 35 heavy (non-hydrogen) atoms. The molecule has 0 radical (unpaired) electrons. The number of ether oxygens (including phenoxy) is 2. The molecule has 4 aromatic rings. The summed E-state index contributed by atoms with van der Waals surface area (Å²) in [6.07, 6.45) is 1.20. The van der Waals surface area contributed by atoms with E-state index in [0.717, 1.165) is 16.6 Å². The molecule has 180 valence electrons. The van der Waals surface area contributed by atoms with Gasteiger partial charge in [0.2, 0.25) is 11.5 Å². The molecular weight excluding hydrogens is 470 g/mol. The molecule has 2 aromatic carbocycles. The topological polar surface area (TPSA) is 91.0 Å². The first-order valence-corrected chi connectivity index (χ1v) is 12.0. The molecule has 2 fully saturated rings. The van der Waals surface area contributed by atoms with Crippen LogP contribution in [0.1, 0.15) is 34.6 Å². The van der Waals surface area contributed by atoms with Crippen LogP contribution in [0, 0.1) is 6.92 Å². The largest absolute Gasteiger partial charge is 0.347 e. The summed E-state index contributed by atoms with van der Waals surface area (Å²) in [5.41, 5.74) is 3.17. The van der Waals surface area contributed by atoms with Gasteiger partial charge in [-0.1, -0.05) is 29.8 Å². The normalized spacial score (nSPS) is 17.6. The van der Waals surface area contributed by atoms with Crippen LogP contribution in [0.2, 0.25) is 5.02 Å². The van der Waals surface area contributed by atoms with Crippen LogP contribution in [-0.4, -0.2) is 62.1 Å². The first-order valence-electron chi connectivity index (χ1n) is 11.6. The molecule has 4 heterocycles. The third-order valence-corrected chi connectivity index (χ3v) is 7.02. The monoisotopic (exact) mass is 493 g/mol. The van der Waals surface area contributed by atoms with Gasteiger partial charge in [-0.05, 0) is 42.3 Å². The number of hydrogen-bond donors (Lipinski definition) is 0. The van der Waals surface area contributed by atoms with Gasteiger partial charge < -0.3 is 14.4 Å². The molecule has 0 aliphatic carbocycles. The van der Waals surface area contributed by atoms with Crippen LogP contribution in [-0.2, 0) is 16.0 Å².